The molecule has 88 valence electrons. The summed E-state index contributed by atoms with van der Waals surface area (Å²) in [5.41, 5.74) is 1.27. The molecule has 0 radical (unpaired) electrons. The largest absolute Gasteiger partial charge is 0.479 e. The maximum absolute atomic E-state index is 12.0. The minimum absolute atomic E-state index is 0.180. The maximum Gasteiger partial charge on any atom is 0.261 e. The van der Waals surface area contributed by atoms with Crippen molar-refractivity contribution in [3.8, 4) is 5.88 Å². The number of aromatic nitrogens is 1. The van der Waals surface area contributed by atoms with Crippen LogP contribution in [-0.4, -0.2) is 17.5 Å². The van der Waals surface area contributed by atoms with Crippen molar-refractivity contribution in [1.29, 1.82) is 0 Å². The molecule has 2 rings (SSSR count). The maximum atomic E-state index is 12.0. The average Bonchev–Trinajstić information content (AvgIpc) is 2.79. The van der Waals surface area contributed by atoms with E-state index in [2.05, 4.69) is 10.3 Å². The third-order valence-corrected chi connectivity index (χ3v) is 2.27. The van der Waals surface area contributed by atoms with Gasteiger partial charge in [-0.05, 0) is 25.1 Å². The second kappa shape index (κ2) is 5.21. The van der Waals surface area contributed by atoms with Crippen LogP contribution in [0.1, 0.15) is 17.3 Å². The highest BCUT2D eigenvalue weighted by atomic mass is 16.5. The highest BCUT2D eigenvalue weighted by Crippen LogP contribution is 2.17. The molecule has 17 heavy (non-hydrogen) atoms. The Balaban J connectivity index is 2.12. The number of rotatable bonds is 4. The number of carbonyl (C=O) groups is 1. The molecule has 0 fully saturated rings. The number of amides is 1. The molecule has 2 aromatic rings. The lowest BCUT2D eigenvalue weighted by atomic mass is 10.2. The summed E-state index contributed by atoms with van der Waals surface area (Å²) >= 11 is 0. The molecule has 1 heterocycles. The summed E-state index contributed by atoms with van der Waals surface area (Å²) in [4.78, 5) is 14.9. The molecule has 1 amide bonds. The van der Waals surface area contributed by atoms with Crippen LogP contribution in [0.2, 0.25) is 0 Å². The normalized spacial score (nSPS) is 9.94. The minimum Gasteiger partial charge on any atom is -0.479 e. The molecule has 0 atom stereocenters. The molecule has 0 saturated carbocycles. The van der Waals surface area contributed by atoms with E-state index in [4.69, 9.17) is 4.74 Å². The first-order valence-corrected chi connectivity index (χ1v) is 5.48. The molecule has 1 aromatic heterocycles. The number of hydrogen-bond donors (Lipinski definition) is 2. The molecule has 0 aliphatic heterocycles. The van der Waals surface area contributed by atoms with Gasteiger partial charge in [-0.2, -0.15) is 0 Å². The molecule has 4 heteroatoms. The number of para-hydroxylation sites is 1. The predicted octanol–water partition coefficient (Wildman–Crippen LogP) is 2.67. The van der Waals surface area contributed by atoms with Crippen LogP contribution in [0.3, 0.4) is 0 Å². The second-order valence-corrected chi connectivity index (χ2v) is 3.47. The number of ether oxygens (including phenoxy) is 1. The van der Waals surface area contributed by atoms with Crippen LogP contribution < -0.4 is 10.1 Å². The Labute approximate surface area is 99.6 Å². The smallest absolute Gasteiger partial charge is 0.261 e. The lowest BCUT2D eigenvalue weighted by Crippen LogP contribution is -2.12. The Morgan fingerprint density at radius 3 is 2.76 bits per heavy atom. The zero-order valence-electron chi connectivity index (χ0n) is 9.57. The lowest BCUT2D eigenvalue weighted by molar-refractivity contribution is 0.102. The topological polar surface area (TPSA) is 54.1 Å². The average molecular weight is 230 g/mol. The van der Waals surface area contributed by atoms with Crippen molar-refractivity contribution in [3.05, 3.63) is 48.2 Å². The summed E-state index contributed by atoms with van der Waals surface area (Å²) in [5, 5.41) is 2.80. The number of H-pyrrole nitrogens is 1. The van der Waals surface area contributed by atoms with Gasteiger partial charge in [0.25, 0.3) is 5.91 Å². The van der Waals surface area contributed by atoms with Gasteiger partial charge in [0, 0.05) is 11.9 Å². The van der Waals surface area contributed by atoms with Crippen LogP contribution in [-0.2, 0) is 0 Å². The Hall–Kier alpha value is -2.23. The highest BCUT2D eigenvalue weighted by molar-refractivity contribution is 6.05. The Bertz CT molecular complexity index is 491. The number of nitrogens with one attached hydrogen (secondary N) is 2. The fraction of sp³-hybridized carbons (Fsp3) is 0.154. The van der Waals surface area contributed by atoms with Gasteiger partial charge in [-0.25, -0.2) is 0 Å². The van der Waals surface area contributed by atoms with E-state index in [-0.39, 0.29) is 5.91 Å². The monoisotopic (exact) mass is 230 g/mol. The van der Waals surface area contributed by atoms with E-state index in [0.717, 1.165) is 5.69 Å². The molecule has 0 unspecified atom stereocenters. The van der Waals surface area contributed by atoms with Crippen molar-refractivity contribution in [2.75, 3.05) is 11.9 Å². The Morgan fingerprint density at radius 1 is 1.29 bits per heavy atom. The van der Waals surface area contributed by atoms with Crippen molar-refractivity contribution in [3.63, 3.8) is 0 Å². The predicted molar refractivity (Wildman–Crippen MR) is 66.4 cm³/mol. The summed E-state index contributed by atoms with van der Waals surface area (Å²) < 4.78 is 5.32. The van der Waals surface area contributed by atoms with Crippen molar-refractivity contribution in [2.45, 2.75) is 6.92 Å². The zero-order chi connectivity index (χ0) is 12.1. The van der Waals surface area contributed by atoms with Crippen LogP contribution in [0.25, 0.3) is 0 Å². The van der Waals surface area contributed by atoms with Crippen LogP contribution >= 0.6 is 0 Å². The van der Waals surface area contributed by atoms with Gasteiger partial charge in [0.1, 0.15) is 5.56 Å². The molecule has 4 nitrogen and oxygen atoms in total. The third-order valence-electron chi connectivity index (χ3n) is 2.27. The van der Waals surface area contributed by atoms with Gasteiger partial charge in [-0.1, -0.05) is 18.2 Å². The summed E-state index contributed by atoms with van der Waals surface area (Å²) in [6.45, 7) is 2.39. The van der Waals surface area contributed by atoms with E-state index in [0.29, 0.717) is 18.1 Å². The van der Waals surface area contributed by atoms with E-state index in [1.807, 2.05) is 37.3 Å². The van der Waals surface area contributed by atoms with Gasteiger partial charge in [0.15, 0.2) is 0 Å². The van der Waals surface area contributed by atoms with Gasteiger partial charge in [-0.3, -0.25) is 4.79 Å². The molecule has 1 aromatic carbocycles. The van der Waals surface area contributed by atoms with Gasteiger partial charge in [-0.15, -0.1) is 0 Å². The van der Waals surface area contributed by atoms with Crippen molar-refractivity contribution in [1.82, 2.24) is 4.98 Å². The van der Waals surface area contributed by atoms with E-state index in [1.54, 1.807) is 12.3 Å². The van der Waals surface area contributed by atoms with Gasteiger partial charge in [0.05, 0.1) is 6.61 Å². The van der Waals surface area contributed by atoms with Crippen molar-refractivity contribution < 1.29 is 9.53 Å². The standard InChI is InChI=1S/C13H14N2O2/c1-2-17-13-11(8-9-14-13)12(16)15-10-6-4-3-5-7-10/h3-9,14H,2H2,1H3,(H,15,16). The lowest BCUT2D eigenvalue weighted by Gasteiger charge is -2.06. The Morgan fingerprint density at radius 2 is 2.06 bits per heavy atom. The molecule has 2 N–H and O–H groups in total. The SMILES string of the molecule is CCOc1[nH]ccc1C(=O)Nc1ccccc1. The van der Waals surface area contributed by atoms with E-state index >= 15 is 0 Å². The van der Waals surface area contributed by atoms with Gasteiger partial charge >= 0.3 is 0 Å². The fourth-order valence-corrected chi connectivity index (χ4v) is 1.52. The van der Waals surface area contributed by atoms with E-state index in [1.165, 1.54) is 0 Å². The van der Waals surface area contributed by atoms with E-state index in [9.17, 15) is 4.79 Å². The van der Waals surface area contributed by atoms with Gasteiger partial charge in [0.2, 0.25) is 5.88 Å². The summed E-state index contributed by atoms with van der Waals surface area (Å²) in [7, 11) is 0. The molecular formula is C13H14N2O2. The van der Waals surface area contributed by atoms with Crippen LogP contribution in [0.4, 0.5) is 5.69 Å². The first-order valence-electron chi connectivity index (χ1n) is 5.48. The highest BCUT2D eigenvalue weighted by Gasteiger charge is 2.13. The molecule has 0 spiro atoms. The van der Waals surface area contributed by atoms with Gasteiger partial charge < -0.3 is 15.0 Å². The first kappa shape index (κ1) is 11.3. The minimum atomic E-state index is -0.180. The quantitative estimate of drug-likeness (QED) is 0.848. The van der Waals surface area contributed by atoms with Crippen LogP contribution in [0.15, 0.2) is 42.6 Å². The van der Waals surface area contributed by atoms with E-state index < -0.39 is 0 Å². The third kappa shape index (κ3) is 2.66. The number of benzene rings is 1. The molecule has 0 aliphatic rings. The molecular weight excluding hydrogens is 216 g/mol. The second-order valence-electron chi connectivity index (χ2n) is 3.47. The number of carbonyl (C=O) groups excluding carboxylic acids is 1. The summed E-state index contributed by atoms with van der Waals surface area (Å²) in [6, 6.07) is 11.0. The fourth-order valence-electron chi connectivity index (χ4n) is 1.52. The van der Waals surface area contributed by atoms with Crippen LogP contribution in [0, 0.1) is 0 Å². The number of anilines is 1. The number of aromatic amines is 1. The van der Waals surface area contributed by atoms with Crippen LogP contribution in [0.5, 0.6) is 5.88 Å². The van der Waals surface area contributed by atoms with Crippen molar-refractivity contribution >= 4 is 11.6 Å². The zero-order valence-corrected chi connectivity index (χ0v) is 9.57. The molecule has 0 aliphatic carbocycles. The first-order chi connectivity index (χ1) is 8.31. The van der Waals surface area contributed by atoms with Crippen molar-refractivity contribution in [2.24, 2.45) is 0 Å². The number of hydrogen-bond acceptors (Lipinski definition) is 2. The summed E-state index contributed by atoms with van der Waals surface area (Å²) in [6.07, 6.45) is 1.69. The molecule has 0 saturated heterocycles. The summed E-state index contributed by atoms with van der Waals surface area (Å²) in [5.74, 6) is 0.321. The molecule has 0 bridgehead atoms. The Kier molecular flexibility index (Phi) is 3.45.